The molecule has 0 spiro atoms. The third-order valence-corrected chi connectivity index (χ3v) is 4.37. The van der Waals surface area contributed by atoms with E-state index in [1.807, 2.05) is 19.9 Å². The Morgan fingerprint density at radius 1 is 1.00 bits per heavy atom. The van der Waals surface area contributed by atoms with Crippen molar-refractivity contribution in [2.45, 2.75) is 53.4 Å². The van der Waals surface area contributed by atoms with Crippen molar-refractivity contribution in [2.75, 3.05) is 18.0 Å². The second-order valence-corrected chi connectivity index (χ2v) is 6.01. The SMILES string of the molecule is CCCCN(CCCC)c1ccc2c(C)c(C)c(=O)oc2c1. The number of anilines is 1. The van der Waals surface area contributed by atoms with Gasteiger partial charge in [0.15, 0.2) is 0 Å². The van der Waals surface area contributed by atoms with Gasteiger partial charge in [0.1, 0.15) is 5.58 Å². The van der Waals surface area contributed by atoms with Crippen molar-refractivity contribution in [3.63, 3.8) is 0 Å². The first-order valence-electron chi connectivity index (χ1n) is 8.37. The molecule has 0 saturated heterocycles. The Morgan fingerprint density at radius 2 is 1.64 bits per heavy atom. The zero-order chi connectivity index (χ0) is 16.1. The summed E-state index contributed by atoms with van der Waals surface area (Å²) in [7, 11) is 0. The van der Waals surface area contributed by atoms with Crippen LogP contribution in [0.1, 0.15) is 50.7 Å². The lowest BCUT2D eigenvalue weighted by Gasteiger charge is -2.25. The molecule has 0 aliphatic rings. The summed E-state index contributed by atoms with van der Waals surface area (Å²) in [6.07, 6.45) is 4.73. The van der Waals surface area contributed by atoms with Crippen LogP contribution in [0.25, 0.3) is 11.0 Å². The summed E-state index contributed by atoms with van der Waals surface area (Å²) < 4.78 is 5.49. The number of fused-ring (bicyclic) bond motifs is 1. The lowest BCUT2D eigenvalue weighted by Crippen LogP contribution is -2.25. The van der Waals surface area contributed by atoms with Crippen LogP contribution in [0, 0.1) is 13.8 Å². The molecule has 1 aromatic carbocycles. The van der Waals surface area contributed by atoms with E-state index in [4.69, 9.17) is 4.42 Å². The van der Waals surface area contributed by atoms with Gasteiger partial charge >= 0.3 is 5.63 Å². The van der Waals surface area contributed by atoms with E-state index < -0.39 is 0 Å². The van der Waals surface area contributed by atoms with Crippen LogP contribution in [0.4, 0.5) is 5.69 Å². The average Bonchev–Trinajstić information content (AvgIpc) is 2.52. The number of hydrogen-bond donors (Lipinski definition) is 0. The maximum absolute atomic E-state index is 11.9. The molecule has 0 amide bonds. The van der Waals surface area contributed by atoms with Crippen molar-refractivity contribution >= 4 is 16.7 Å². The molecule has 2 aromatic rings. The first-order valence-corrected chi connectivity index (χ1v) is 8.37. The maximum Gasteiger partial charge on any atom is 0.339 e. The van der Waals surface area contributed by atoms with E-state index in [1.165, 1.54) is 25.7 Å². The van der Waals surface area contributed by atoms with E-state index in [1.54, 1.807) is 0 Å². The van der Waals surface area contributed by atoms with Crippen LogP contribution in [-0.2, 0) is 0 Å². The lowest BCUT2D eigenvalue weighted by molar-refractivity contribution is 0.553. The summed E-state index contributed by atoms with van der Waals surface area (Å²) in [4.78, 5) is 14.3. The van der Waals surface area contributed by atoms with E-state index in [0.29, 0.717) is 11.1 Å². The third kappa shape index (κ3) is 3.52. The molecule has 0 saturated carbocycles. The van der Waals surface area contributed by atoms with Crippen LogP contribution >= 0.6 is 0 Å². The van der Waals surface area contributed by atoms with Crippen LogP contribution < -0.4 is 10.5 Å². The zero-order valence-corrected chi connectivity index (χ0v) is 14.2. The van der Waals surface area contributed by atoms with Crippen molar-refractivity contribution in [1.82, 2.24) is 0 Å². The van der Waals surface area contributed by atoms with E-state index >= 15 is 0 Å². The van der Waals surface area contributed by atoms with Crippen LogP contribution in [0.2, 0.25) is 0 Å². The molecule has 1 heterocycles. The van der Waals surface area contributed by atoms with E-state index in [-0.39, 0.29) is 5.63 Å². The van der Waals surface area contributed by atoms with Crippen molar-refractivity contribution < 1.29 is 4.42 Å². The largest absolute Gasteiger partial charge is 0.422 e. The average molecular weight is 301 g/mol. The third-order valence-electron chi connectivity index (χ3n) is 4.37. The summed E-state index contributed by atoms with van der Waals surface area (Å²) in [5.74, 6) is 0. The minimum absolute atomic E-state index is 0.226. The molecule has 3 nitrogen and oxygen atoms in total. The fourth-order valence-electron chi connectivity index (χ4n) is 2.70. The van der Waals surface area contributed by atoms with Crippen LogP contribution in [-0.4, -0.2) is 13.1 Å². The van der Waals surface area contributed by atoms with Crippen LogP contribution in [0.5, 0.6) is 0 Å². The topological polar surface area (TPSA) is 33.5 Å². The molecule has 0 fully saturated rings. The standard InChI is InChI=1S/C19H27NO2/c1-5-7-11-20(12-8-6-2)16-9-10-17-14(3)15(4)19(21)22-18(17)13-16/h9-10,13H,5-8,11-12H2,1-4H3. The molecule has 2 rings (SSSR count). The molecule has 3 heteroatoms. The Bertz CT molecular complexity index is 680. The molecule has 0 aliphatic heterocycles. The molecule has 0 atom stereocenters. The van der Waals surface area contributed by atoms with Gasteiger partial charge in [0, 0.05) is 35.8 Å². The van der Waals surface area contributed by atoms with Crippen LogP contribution in [0.3, 0.4) is 0 Å². The Balaban J connectivity index is 2.41. The first-order chi connectivity index (χ1) is 10.6. The molecule has 0 N–H and O–H groups in total. The highest BCUT2D eigenvalue weighted by molar-refractivity contribution is 5.84. The van der Waals surface area contributed by atoms with Crippen molar-refractivity contribution in [3.05, 3.63) is 39.7 Å². The molecule has 22 heavy (non-hydrogen) atoms. The summed E-state index contributed by atoms with van der Waals surface area (Å²) in [5.41, 5.74) is 3.35. The van der Waals surface area contributed by atoms with Gasteiger partial charge in [-0.25, -0.2) is 4.79 Å². The first kappa shape index (κ1) is 16.6. The summed E-state index contributed by atoms with van der Waals surface area (Å²) in [5, 5.41) is 1.03. The molecule has 0 radical (unpaired) electrons. The second-order valence-electron chi connectivity index (χ2n) is 6.01. The summed E-state index contributed by atoms with van der Waals surface area (Å²) >= 11 is 0. The van der Waals surface area contributed by atoms with Gasteiger partial charge in [-0.3, -0.25) is 0 Å². The highest BCUT2D eigenvalue weighted by Gasteiger charge is 2.11. The normalized spacial score (nSPS) is 11.1. The van der Waals surface area contributed by atoms with Crippen LogP contribution in [0.15, 0.2) is 27.4 Å². The quantitative estimate of drug-likeness (QED) is 0.688. The highest BCUT2D eigenvalue weighted by atomic mass is 16.4. The van der Waals surface area contributed by atoms with Gasteiger partial charge < -0.3 is 9.32 Å². The number of unbranched alkanes of at least 4 members (excludes halogenated alkanes) is 2. The molecule has 0 aliphatic carbocycles. The highest BCUT2D eigenvalue weighted by Crippen LogP contribution is 2.25. The zero-order valence-electron chi connectivity index (χ0n) is 14.2. The predicted molar refractivity (Wildman–Crippen MR) is 94.0 cm³/mol. The Labute approximate surface area is 132 Å². The number of benzene rings is 1. The van der Waals surface area contributed by atoms with Gasteiger partial charge in [-0.1, -0.05) is 26.7 Å². The number of aryl methyl sites for hydroxylation is 1. The van der Waals surface area contributed by atoms with Crippen molar-refractivity contribution in [3.8, 4) is 0 Å². The summed E-state index contributed by atoms with van der Waals surface area (Å²) in [6.45, 7) is 10.3. The minimum atomic E-state index is -0.226. The molecule has 120 valence electrons. The Hall–Kier alpha value is -1.77. The molecular formula is C19H27NO2. The van der Waals surface area contributed by atoms with E-state index in [0.717, 1.165) is 29.7 Å². The Kier molecular flexibility index (Phi) is 5.64. The van der Waals surface area contributed by atoms with E-state index in [2.05, 4.69) is 30.9 Å². The fourth-order valence-corrected chi connectivity index (χ4v) is 2.70. The van der Waals surface area contributed by atoms with Gasteiger partial charge in [-0.05, 0) is 44.4 Å². The summed E-state index contributed by atoms with van der Waals surface area (Å²) in [6, 6.07) is 6.26. The molecular weight excluding hydrogens is 274 g/mol. The van der Waals surface area contributed by atoms with Gasteiger partial charge in [-0.2, -0.15) is 0 Å². The number of rotatable bonds is 7. The van der Waals surface area contributed by atoms with Crippen molar-refractivity contribution in [1.29, 1.82) is 0 Å². The maximum atomic E-state index is 11.9. The monoisotopic (exact) mass is 301 g/mol. The smallest absolute Gasteiger partial charge is 0.339 e. The van der Waals surface area contributed by atoms with Gasteiger partial charge in [0.05, 0.1) is 0 Å². The van der Waals surface area contributed by atoms with Gasteiger partial charge in [-0.15, -0.1) is 0 Å². The second kappa shape index (κ2) is 7.48. The number of hydrogen-bond acceptors (Lipinski definition) is 3. The van der Waals surface area contributed by atoms with Crippen molar-refractivity contribution in [2.24, 2.45) is 0 Å². The number of nitrogens with zero attached hydrogens (tertiary/aromatic N) is 1. The minimum Gasteiger partial charge on any atom is -0.422 e. The predicted octanol–water partition coefficient (Wildman–Crippen LogP) is 4.82. The van der Waals surface area contributed by atoms with Gasteiger partial charge in [0.25, 0.3) is 0 Å². The molecule has 0 bridgehead atoms. The van der Waals surface area contributed by atoms with E-state index in [9.17, 15) is 4.79 Å². The lowest BCUT2D eigenvalue weighted by atomic mass is 10.1. The Morgan fingerprint density at radius 3 is 2.23 bits per heavy atom. The fraction of sp³-hybridized carbons (Fsp3) is 0.526. The molecule has 1 aromatic heterocycles. The van der Waals surface area contributed by atoms with Gasteiger partial charge in [0.2, 0.25) is 0 Å². The molecule has 0 unspecified atom stereocenters.